The van der Waals surface area contributed by atoms with E-state index < -0.39 is 23.8 Å². The van der Waals surface area contributed by atoms with Gasteiger partial charge in [-0.2, -0.15) is 5.10 Å². The van der Waals surface area contributed by atoms with Crippen LogP contribution in [0, 0.1) is 11.6 Å². The van der Waals surface area contributed by atoms with Gasteiger partial charge in [0.1, 0.15) is 24.1 Å². The number of benzene rings is 2. The second-order valence-electron chi connectivity index (χ2n) is 12.8. The Morgan fingerprint density at radius 2 is 1.84 bits per heavy atom. The Morgan fingerprint density at radius 1 is 1.00 bits per heavy atom. The van der Waals surface area contributed by atoms with E-state index in [2.05, 4.69) is 30.2 Å². The van der Waals surface area contributed by atoms with E-state index in [9.17, 15) is 13.2 Å². The summed E-state index contributed by atoms with van der Waals surface area (Å²) in [6.07, 6.45) is 6.94. The van der Waals surface area contributed by atoms with Crippen LogP contribution < -0.4 is 20.0 Å². The molecular formula is C35H41F3N8O3. The van der Waals surface area contributed by atoms with E-state index in [1.165, 1.54) is 17.5 Å². The minimum absolute atomic E-state index is 0.204. The lowest BCUT2D eigenvalue weighted by molar-refractivity contribution is -0.0353. The highest BCUT2D eigenvalue weighted by Gasteiger charge is 2.35. The molecule has 49 heavy (non-hydrogen) atoms. The molecule has 3 aliphatic rings. The number of aryl methyl sites for hydroxylation is 1. The SMILES string of the molecule is COc1cc(N2CCC(N3CC[C@H](OC)[C@H](F)C3)CC2)c(-c2cnn(C)c2)cc1Nc1cc(N2OCC[C@@H]2c2cccc(F)c2F)ncn1. The van der Waals surface area contributed by atoms with Crippen molar-refractivity contribution in [1.82, 2.24) is 24.6 Å². The van der Waals surface area contributed by atoms with Gasteiger partial charge in [-0.05, 0) is 31.4 Å². The Bertz CT molecular complexity index is 1770. The number of methoxy groups -OCH3 is 2. The molecule has 5 heterocycles. The van der Waals surface area contributed by atoms with Gasteiger partial charge in [0, 0.05) is 93.5 Å². The summed E-state index contributed by atoms with van der Waals surface area (Å²) >= 11 is 0. The fraction of sp³-hybridized carbons (Fsp3) is 0.457. The summed E-state index contributed by atoms with van der Waals surface area (Å²) in [6.45, 7) is 3.21. The highest BCUT2D eigenvalue weighted by atomic mass is 19.2. The molecule has 2 aromatic heterocycles. The van der Waals surface area contributed by atoms with Crippen LogP contribution in [0.5, 0.6) is 5.75 Å². The number of halogens is 3. The average Bonchev–Trinajstić information content (AvgIpc) is 3.79. The molecule has 0 spiro atoms. The van der Waals surface area contributed by atoms with Crippen molar-refractivity contribution in [2.24, 2.45) is 7.05 Å². The van der Waals surface area contributed by atoms with Gasteiger partial charge in [0.05, 0.1) is 37.7 Å². The monoisotopic (exact) mass is 678 g/mol. The Kier molecular flexibility index (Phi) is 9.61. The maximum atomic E-state index is 14.7. The number of aromatic nitrogens is 4. The van der Waals surface area contributed by atoms with Gasteiger partial charge in [-0.15, -0.1) is 0 Å². The Morgan fingerprint density at radius 3 is 2.57 bits per heavy atom. The summed E-state index contributed by atoms with van der Waals surface area (Å²) in [4.78, 5) is 19.3. The van der Waals surface area contributed by atoms with Gasteiger partial charge >= 0.3 is 0 Å². The highest BCUT2D eigenvalue weighted by Crippen LogP contribution is 2.42. The summed E-state index contributed by atoms with van der Waals surface area (Å²) in [5.41, 5.74) is 3.81. The van der Waals surface area contributed by atoms with Crippen LogP contribution in [-0.4, -0.2) is 90.0 Å². The predicted molar refractivity (Wildman–Crippen MR) is 180 cm³/mol. The van der Waals surface area contributed by atoms with Crippen molar-refractivity contribution >= 4 is 23.0 Å². The van der Waals surface area contributed by atoms with Gasteiger partial charge < -0.3 is 19.7 Å². The maximum Gasteiger partial charge on any atom is 0.164 e. The standard InChI is InChI=1S/C35H41F3N8O3/c1-43-19-22(18-41-43)25-15-28(32(48-3)16-30(25)44-11-7-23(8-12-44)45-13-9-31(47-2)27(37)20-45)42-33-17-34(40-21-39-33)46-29(10-14-49-46)24-5-4-6-26(36)35(24)38/h4-6,15-19,21,23,27,29,31H,7-14,20H2,1-3H3,(H,39,40,42)/t27-,29-,31+/m1/s1. The molecule has 11 nitrogen and oxygen atoms in total. The van der Waals surface area contributed by atoms with E-state index in [0.29, 0.717) is 55.1 Å². The minimum Gasteiger partial charge on any atom is -0.494 e. The summed E-state index contributed by atoms with van der Waals surface area (Å²) in [5.74, 6) is -0.320. The van der Waals surface area contributed by atoms with Crippen LogP contribution >= 0.6 is 0 Å². The lowest BCUT2D eigenvalue weighted by atomic mass is 9.96. The fourth-order valence-electron chi connectivity index (χ4n) is 7.29. The zero-order chi connectivity index (χ0) is 34.1. The third-order valence-electron chi connectivity index (χ3n) is 9.86. The third kappa shape index (κ3) is 6.77. The highest BCUT2D eigenvalue weighted by molar-refractivity contribution is 5.85. The summed E-state index contributed by atoms with van der Waals surface area (Å²) < 4.78 is 56.5. The van der Waals surface area contributed by atoms with Gasteiger partial charge in [0.2, 0.25) is 0 Å². The Balaban J connectivity index is 1.14. The van der Waals surface area contributed by atoms with Crippen molar-refractivity contribution in [3.05, 3.63) is 72.3 Å². The summed E-state index contributed by atoms with van der Waals surface area (Å²) in [5, 5.41) is 9.32. The largest absolute Gasteiger partial charge is 0.494 e. The first-order valence-corrected chi connectivity index (χ1v) is 16.6. The zero-order valence-electron chi connectivity index (χ0n) is 27.9. The van der Waals surface area contributed by atoms with E-state index in [-0.39, 0.29) is 11.7 Å². The van der Waals surface area contributed by atoms with Crippen LogP contribution in [0.15, 0.2) is 55.1 Å². The van der Waals surface area contributed by atoms with E-state index in [1.54, 1.807) is 31.0 Å². The summed E-state index contributed by atoms with van der Waals surface area (Å²) in [7, 11) is 5.09. The van der Waals surface area contributed by atoms with E-state index in [4.69, 9.17) is 14.3 Å². The van der Waals surface area contributed by atoms with Crippen molar-refractivity contribution in [1.29, 1.82) is 0 Å². The van der Waals surface area contributed by atoms with Gasteiger partial charge in [0.15, 0.2) is 17.5 Å². The van der Waals surface area contributed by atoms with Crippen molar-refractivity contribution in [3.8, 4) is 16.9 Å². The number of hydrogen-bond donors (Lipinski definition) is 1. The molecular weight excluding hydrogens is 637 g/mol. The smallest absolute Gasteiger partial charge is 0.164 e. The van der Waals surface area contributed by atoms with Crippen LogP contribution in [0.25, 0.3) is 11.1 Å². The van der Waals surface area contributed by atoms with Gasteiger partial charge in [0.25, 0.3) is 0 Å². The number of nitrogens with one attached hydrogen (secondary N) is 1. The van der Waals surface area contributed by atoms with Crippen molar-refractivity contribution in [2.45, 2.75) is 50.0 Å². The van der Waals surface area contributed by atoms with E-state index >= 15 is 0 Å². The second-order valence-corrected chi connectivity index (χ2v) is 12.8. The van der Waals surface area contributed by atoms with Crippen LogP contribution in [0.2, 0.25) is 0 Å². The maximum absolute atomic E-state index is 14.7. The van der Waals surface area contributed by atoms with Gasteiger partial charge in [-0.25, -0.2) is 28.2 Å². The predicted octanol–water partition coefficient (Wildman–Crippen LogP) is 5.82. The average molecular weight is 679 g/mol. The summed E-state index contributed by atoms with van der Waals surface area (Å²) in [6, 6.07) is 9.67. The molecule has 4 aromatic rings. The van der Waals surface area contributed by atoms with Crippen molar-refractivity contribution in [2.75, 3.05) is 62.3 Å². The number of alkyl halides is 1. The molecule has 1 N–H and O–H groups in total. The molecule has 3 aliphatic heterocycles. The molecule has 14 heteroatoms. The third-order valence-corrected chi connectivity index (χ3v) is 9.86. The van der Waals surface area contributed by atoms with Gasteiger partial charge in [-0.3, -0.25) is 14.4 Å². The molecule has 7 rings (SSSR count). The molecule has 0 aliphatic carbocycles. The Hall–Kier alpha value is -4.40. The van der Waals surface area contributed by atoms with Crippen LogP contribution in [0.1, 0.15) is 37.3 Å². The number of rotatable bonds is 9. The van der Waals surface area contributed by atoms with Crippen molar-refractivity contribution in [3.63, 3.8) is 0 Å². The molecule has 3 saturated heterocycles. The fourth-order valence-corrected chi connectivity index (χ4v) is 7.29. The number of likely N-dealkylation sites (tertiary alicyclic amines) is 1. The molecule has 2 aromatic carbocycles. The second kappa shape index (κ2) is 14.2. The molecule has 3 fully saturated rings. The number of hydrogen-bond acceptors (Lipinski definition) is 10. The number of anilines is 4. The lowest BCUT2D eigenvalue weighted by Crippen LogP contribution is -2.52. The van der Waals surface area contributed by atoms with Crippen LogP contribution in [0.3, 0.4) is 0 Å². The number of nitrogens with zero attached hydrogens (tertiary/aromatic N) is 7. The Labute approximate surface area is 283 Å². The van der Waals surface area contributed by atoms with Crippen LogP contribution in [-0.2, 0) is 16.6 Å². The van der Waals surface area contributed by atoms with E-state index in [1.807, 2.05) is 31.6 Å². The first-order chi connectivity index (χ1) is 23.8. The van der Waals surface area contributed by atoms with Crippen LogP contribution in [0.4, 0.5) is 36.2 Å². The molecule has 0 unspecified atom stereocenters. The number of hydroxylamine groups is 1. The molecule has 0 saturated carbocycles. The quantitative estimate of drug-likeness (QED) is 0.234. The molecule has 0 bridgehead atoms. The topological polar surface area (TPSA) is 93.0 Å². The van der Waals surface area contributed by atoms with Crippen molar-refractivity contribution < 1.29 is 27.5 Å². The first-order valence-electron chi connectivity index (χ1n) is 16.6. The minimum atomic E-state index is -0.968. The zero-order valence-corrected chi connectivity index (χ0v) is 27.9. The number of piperidine rings is 2. The lowest BCUT2D eigenvalue weighted by Gasteiger charge is -2.43. The normalized spacial score (nSPS) is 22.1. The van der Waals surface area contributed by atoms with E-state index in [0.717, 1.165) is 55.4 Å². The number of ether oxygens (including phenoxy) is 2. The molecule has 0 amide bonds. The molecule has 260 valence electrons. The first kappa shape index (κ1) is 33.1. The molecule has 0 radical (unpaired) electrons. The molecule has 3 atom stereocenters. The van der Waals surface area contributed by atoms with Gasteiger partial charge in [-0.1, -0.05) is 12.1 Å².